The van der Waals surface area contributed by atoms with Crippen molar-refractivity contribution in [1.82, 2.24) is 4.90 Å². The van der Waals surface area contributed by atoms with E-state index in [-0.39, 0.29) is 29.5 Å². The van der Waals surface area contributed by atoms with Crippen molar-refractivity contribution in [2.45, 2.75) is 77.0 Å². The monoisotopic (exact) mass is 419 g/mol. The van der Waals surface area contributed by atoms with E-state index in [0.29, 0.717) is 18.8 Å². The first-order valence-corrected chi connectivity index (χ1v) is 11.4. The van der Waals surface area contributed by atoms with Gasteiger partial charge in [-0.15, -0.1) is 0 Å². The lowest BCUT2D eigenvalue weighted by atomic mass is 9.84. The van der Waals surface area contributed by atoms with Gasteiger partial charge in [-0.2, -0.15) is 0 Å². The Morgan fingerprint density at radius 3 is 2.10 bits per heavy atom. The number of ether oxygens (including phenoxy) is 1. The second kappa shape index (κ2) is 8.86. The van der Waals surface area contributed by atoms with Crippen molar-refractivity contribution < 1.29 is 14.3 Å². The number of Topliss-reactive ketones (excluding diaryl/α,β-unsaturated/α-hetero) is 1. The van der Waals surface area contributed by atoms with Gasteiger partial charge in [-0.1, -0.05) is 75.4 Å². The van der Waals surface area contributed by atoms with Gasteiger partial charge in [0, 0.05) is 24.4 Å². The highest BCUT2D eigenvalue weighted by Gasteiger charge is 2.45. The Labute approximate surface area is 185 Å². The Morgan fingerprint density at radius 1 is 0.903 bits per heavy atom. The van der Waals surface area contributed by atoms with E-state index < -0.39 is 0 Å². The van der Waals surface area contributed by atoms with Crippen LogP contribution in [-0.2, 0) is 28.0 Å². The first kappa shape index (κ1) is 21.6. The molecule has 0 aromatic heterocycles. The fraction of sp³-hybridized carbons (Fsp3) is 0.481. The molecule has 4 heteroatoms. The molecule has 0 aliphatic carbocycles. The average Bonchev–Trinajstić information content (AvgIpc) is 3.02. The molecule has 0 saturated carbocycles. The first-order valence-electron chi connectivity index (χ1n) is 11.4. The molecule has 2 unspecified atom stereocenters. The summed E-state index contributed by atoms with van der Waals surface area (Å²) < 4.78 is 5.58. The lowest BCUT2D eigenvalue weighted by molar-refractivity contribution is -0.124. The molecule has 1 amide bonds. The highest BCUT2D eigenvalue weighted by atomic mass is 16.6. The molecule has 4 nitrogen and oxygen atoms in total. The largest absolute Gasteiger partial charge is 0.445 e. The predicted octanol–water partition coefficient (Wildman–Crippen LogP) is 5.68. The number of rotatable bonds is 5. The predicted molar refractivity (Wildman–Crippen MR) is 122 cm³/mol. The number of ketones is 1. The minimum absolute atomic E-state index is 0.0398. The standard InChI is InChI=1S/C27H33NO3/c1-27(2,3)22-11-9-19(10-12-22)15-25(29)21-16-23-13-14-24(17-21)28(23)26(30)31-18-20-7-5-4-6-8-20/h4-12,21,23-24H,13-18H2,1-3H3. The van der Waals surface area contributed by atoms with Gasteiger partial charge < -0.3 is 9.64 Å². The lowest BCUT2D eigenvalue weighted by Crippen LogP contribution is -2.48. The zero-order valence-corrected chi connectivity index (χ0v) is 18.8. The second-order valence-electron chi connectivity index (χ2n) is 10.1. The van der Waals surface area contributed by atoms with E-state index in [2.05, 4.69) is 45.0 Å². The summed E-state index contributed by atoms with van der Waals surface area (Å²) >= 11 is 0. The zero-order chi connectivity index (χ0) is 22.0. The summed E-state index contributed by atoms with van der Waals surface area (Å²) in [5, 5.41) is 0. The summed E-state index contributed by atoms with van der Waals surface area (Å²) in [5.41, 5.74) is 3.47. The van der Waals surface area contributed by atoms with Gasteiger partial charge in [0.25, 0.3) is 0 Å². The van der Waals surface area contributed by atoms with Crippen molar-refractivity contribution in [2.24, 2.45) is 5.92 Å². The van der Waals surface area contributed by atoms with Crippen LogP contribution in [0.15, 0.2) is 54.6 Å². The molecule has 2 aromatic carbocycles. The molecule has 0 N–H and O–H groups in total. The number of carbonyl (C=O) groups excluding carboxylic acids is 2. The van der Waals surface area contributed by atoms with Crippen molar-refractivity contribution in [1.29, 1.82) is 0 Å². The van der Waals surface area contributed by atoms with Crippen molar-refractivity contribution >= 4 is 11.9 Å². The summed E-state index contributed by atoms with van der Waals surface area (Å²) in [6.45, 7) is 6.88. The number of carbonyl (C=O) groups is 2. The van der Waals surface area contributed by atoms with Crippen molar-refractivity contribution in [3.05, 3.63) is 71.3 Å². The van der Waals surface area contributed by atoms with Gasteiger partial charge in [-0.05, 0) is 47.8 Å². The summed E-state index contributed by atoms with van der Waals surface area (Å²) in [6.07, 6.45) is 3.70. The highest BCUT2D eigenvalue weighted by Crippen LogP contribution is 2.40. The third kappa shape index (κ3) is 5.00. The van der Waals surface area contributed by atoms with E-state index in [1.807, 2.05) is 35.2 Å². The minimum atomic E-state index is -0.236. The number of hydrogen-bond donors (Lipinski definition) is 0. The lowest BCUT2D eigenvalue weighted by Gasteiger charge is -2.37. The molecule has 4 rings (SSSR count). The molecular formula is C27H33NO3. The van der Waals surface area contributed by atoms with Crippen LogP contribution >= 0.6 is 0 Å². The Balaban J connectivity index is 1.33. The molecule has 2 bridgehead atoms. The molecule has 2 aliphatic rings. The smallest absolute Gasteiger partial charge is 0.410 e. The van der Waals surface area contributed by atoms with Crippen LogP contribution in [0.4, 0.5) is 4.79 Å². The van der Waals surface area contributed by atoms with Gasteiger partial charge >= 0.3 is 6.09 Å². The van der Waals surface area contributed by atoms with E-state index >= 15 is 0 Å². The SMILES string of the molecule is CC(C)(C)c1ccc(CC(=O)C2CC3CCC(C2)N3C(=O)OCc2ccccc2)cc1. The van der Waals surface area contributed by atoms with E-state index in [1.54, 1.807) is 0 Å². The number of fused-ring (bicyclic) bond motifs is 2. The van der Waals surface area contributed by atoms with Gasteiger partial charge in [0.05, 0.1) is 0 Å². The molecule has 0 radical (unpaired) electrons. The van der Waals surface area contributed by atoms with Gasteiger partial charge in [-0.25, -0.2) is 4.79 Å². The quantitative estimate of drug-likeness (QED) is 0.627. The summed E-state index contributed by atoms with van der Waals surface area (Å²) in [4.78, 5) is 27.7. The summed E-state index contributed by atoms with van der Waals surface area (Å²) in [5.74, 6) is 0.343. The van der Waals surface area contributed by atoms with Crippen molar-refractivity contribution in [3.63, 3.8) is 0 Å². The van der Waals surface area contributed by atoms with Gasteiger partial charge in [0.1, 0.15) is 12.4 Å². The van der Waals surface area contributed by atoms with Crippen LogP contribution in [0, 0.1) is 5.92 Å². The Bertz CT molecular complexity index is 900. The van der Waals surface area contributed by atoms with Crippen LogP contribution in [0.5, 0.6) is 0 Å². The van der Waals surface area contributed by atoms with Crippen LogP contribution < -0.4 is 0 Å². The zero-order valence-electron chi connectivity index (χ0n) is 18.8. The Kier molecular flexibility index (Phi) is 6.17. The maximum absolute atomic E-state index is 13.0. The number of piperidine rings is 1. The maximum Gasteiger partial charge on any atom is 0.410 e. The van der Waals surface area contributed by atoms with Crippen LogP contribution in [0.3, 0.4) is 0 Å². The van der Waals surface area contributed by atoms with E-state index in [9.17, 15) is 9.59 Å². The number of hydrogen-bond acceptors (Lipinski definition) is 3. The van der Waals surface area contributed by atoms with Gasteiger partial charge in [0.15, 0.2) is 0 Å². The molecule has 2 aliphatic heterocycles. The third-order valence-electron chi connectivity index (χ3n) is 6.80. The van der Waals surface area contributed by atoms with E-state index in [0.717, 1.165) is 36.8 Å². The normalized spacial score (nSPS) is 22.9. The Morgan fingerprint density at radius 2 is 1.52 bits per heavy atom. The summed E-state index contributed by atoms with van der Waals surface area (Å²) in [7, 11) is 0. The molecular weight excluding hydrogens is 386 g/mol. The molecule has 2 saturated heterocycles. The molecule has 2 aromatic rings. The average molecular weight is 420 g/mol. The number of benzene rings is 2. The fourth-order valence-electron chi connectivity index (χ4n) is 5.00. The van der Waals surface area contributed by atoms with Gasteiger partial charge in [-0.3, -0.25) is 4.79 Å². The molecule has 0 spiro atoms. The van der Waals surface area contributed by atoms with Crippen LogP contribution in [0.1, 0.15) is 63.1 Å². The first-order chi connectivity index (χ1) is 14.8. The maximum atomic E-state index is 13.0. The third-order valence-corrected chi connectivity index (χ3v) is 6.80. The molecule has 164 valence electrons. The molecule has 31 heavy (non-hydrogen) atoms. The molecule has 2 heterocycles. The van der Waals surface area contributed by atoms with Crippen molar-refractivity contribution in [3.8, 4) is 0 Å². The Hall–Kier alpha value is -2.62. The number of nitrogens with zero attached hydrogens (tertiary/aromatic N) is 1. The van der Waals surface area contributed by atoms with Crippen LogP contribution in [0.2, 0.25) is 0 Å². The topological polar surface area (TPSA) is 46.6 Å². The van der Waals surface area contributed by atoms with Crippen LogP contribution in [0.25, 0.3) is 0 Å². The van der Waals surface area contributed by atoms with E-state index in [4.69, 9.17) is 4.74 Å². The van der Waals surface area contributed by atoms with E-state index in [1.165, 1.54) is 5.56 Å². The summed E-state index contributed by atoms with van der Waals surface area (Å²) in [6, 6.07) is 18.5. The fourth-order valence-corrected chi connectivity index (χ4v) is 5.00. The molecule has 2 fully saturated rings. The van der Waals surface area contributed by atoms with Crippen LogP contribution in [-0.4, -0.2) is 28.9 Å². The minimum Gasteiger partial charge on any atom is -0.445 e. The van der Waals surface area contributed by atoms with Gasteiger partial charge in [0.2, 0.25) is 0 Å². The van der Waals surface area contributed by atoms with Crippen molar-refractivity contribution in [2.75, 3.05) is 0 Å². The highest BCUT2D eigenvalue weighted by molar-refractivity contribution is 5.84. The number of amides is 1. The second-order valence-corrected chi connectivity index (χ2v) is 10.1. The molecule has 2 atom stereocenters.